The summed E-state index contributed by atoms with van der Waals surface area (Å²) >= 11 is 0. The van der Waals surface area contributed by atoms with E-state index in [4.69, 9.17) is 0 Å². The molecule has 0 atom stereocenters. The molecule has 0 fully saturated rings. The summed E-state index contributed by atoms with van der Waals surface area (Å²) in [6.07, 6.45) is -1.21. The first kappa shape index (κ1) is 22.5. The number of aromatic carboxylic acids is 6. The van der Waals surface area contributed by atoms with Crippen molar-refractivity contribution in [3.05, 3.63) is 68.8 Å². The first-order valence-electron chi connectivity index (χ1n) is 7.98. The van der Waals surface area contributed by atoms with E-state index in [1.807, 2.05) is 0 Å². The lowest BCUT2D eigenvalue weighted by Crippen LogP contribution is -2.35. The lowest BCUT2D eigenvalue weighted by molar-refractivity contribution is -0.260. The van der Waals surface area contributed by atoms with Crippen LogP contribution in [0.4, 0.5) is 0 Å². The maximum atomic E-state index is 11.5. The van der Waals surface area contributed by atoms with Gasteiger partial charge in [0.05, 0.1) is 35.8 Å². The van der Waals surface area contributed by atoms with Crippen molar-refractivity contribution in [2.75, 3.05) is 0 Å². The zero-order valence-electron chi connectivity index (χ0n) is 14.9. The lowest BCUT2D eigenvalue weighted by Gasteiger charge is -2.25. The van der Waals surface area contributed by atoms with Crippen LogP contribution in [0.25, 0.3) is 0 Å². The SMILES string of the molecule is O=C([O-])c1ccc(C(=O)[O-])c(C(=O)[O-])c1Cc1c(C(=O)[O-])ccc(C(=O)[O-])c1C(=O)[O-]. The van der Waals surface area contributed by atoms with E-state index in [0.717, 1.165) is 0 Å². The van der Waals surface area contributed by atoms with Gasteiger partial charge in [-0.1, -0.05) is 24.3 Å². The molecule has 12 heteroatoms. The standard InChI is InChI=1S/C19H12O12/c20-14(21)6-1-3-8(16(24)25)12(18(28)29)10(6)5-11-7(15(22)23)2-4-9(17(26)27)13(11)19(30)31/h1-4H,5H2,(H,20,21)(H,22,23)(H,24,25)(H,26,27)(H,28,29)(H,30,31)/p-6. The first-order valence-corrected chi connectivity index (χ1v) is 7.98. The summed E-state index contributed by atoms with van der Waals surface area (Å²) in [5, 5.41) is 68.5. The molecule has 160 valence electrons. The number of carboxylic acids is 6. The molecule has 0 saturated carbocycles. The van der Waals surface area contributed by atoms with Crippen molar-refractivity contribution in [1.82, 2.24) is 0 Å². The average molecular weight is 426 g/mol. The zero-order valence-corrected chi connectivity index (χ0v) is 14.9. The molecule has 31 heavy (non-hydrogen) atoms. The quantitative estimate of drug-likeness (QED) is 0.382. The van der Waals surface area contributed by atoms with E-state index in [0.29, 0.717) is 24.3 Å². The lowest BCUT2D eigenvalue weighted by atomic mass is 9.86. The molecule has 0 radical (unpaired) electrons. The number of benzene rings is 2. The number of carbonyl (C=O) groups excluding carboxylic acids is 6. The van der Waals surface area contributed by atoms with Gasteiger partial charge in [-0.25, -0.2) is 0 Å². The second kappa shape index (κ2) is 8.32. The highest BCUT2D eigenvalue weighted by molar-refractivity contribution is 6.06. The van der Waals surface area contributed by atoms with Crippen molar-refractivity contribution in [3.8, 4) is 0 Å². The van der Waals surface area contributed by atoms with E-state index in [1.165, 1.54) is 0 Å². The van der Waals surface area contributed by atoms with Crippen molar-refractivity contribution >= 4 is 35.8 Å². The molecule has 12 nitrogen and oxygen atoms in total. The molecule has 0 N–H and O–H groups in total. The summed E-state index contributed by atoms with van der Waals surface area (Å²) < 4.78 is 0. The van der Waals surface area contributed by atoms with Crippen LogP contribution in [0.15, 0.2) is 24.3 Å². The maximum Gasteiger partial charge on any atom is 0.0725 e. The van der Waals surface area contributed by atoms with Gasteiger partial charge in [0.25, 0.3) is 0 Å². The molecule has 0 aromatic heterocycles. The predicted molar refractivity (Wildman–Crippen MR) is 81.7 cm³/mol. The third kappa shape index (κ3) is 4.17. The number of hydrogen-bond donors (Lipinski definition) is 0. The van der Waals surface area contributed by atoms with Gasteiger partial charge in [0.15, 0.2) is 0 Å². The largest absolute Gasteiger partial charge is 0.545 e. The summed E-state index contributed by atoms with van der Waals surface area (Å²) in [5.41, 5.74) is -8.48. The number of rotatable bonds is 8. The van der Waals surface area contributed by atoms with Crippen LogP contribution in [0.3, 0.4) is 0 Å². The van der Waals surface area contributed by atoms with E-state index in [1.54, 1.807) is 0 Å². The van der Waals surface area contributed by atoms with Gasteiger partial charge in [-0.05, 0) is 11.1 Å². The molecule has 0 aliphatic carbocycles. The molecule has 2 aromatic carbocycles. The Morgan fingerprint density at radius 3 is 0.935 bits per heavy atom. The molecule has 0 aliphatic heterocycles. The average Bonchev–Trinajstić information content (AvgIpc) is 2.65. The number of carbonyl (C=O) groups is 6. The highest BCUT2D eigenvalue weighted by Crippen LogP contribution is 2.27. The van der Waals surface area contributed by atoms with Crippen LogP contribution in [0, 0.1) is 0 Å². The molecule has 0 amide bonds. The second-order valence-corrected chi connectivity index (χ2v) is 5.93. The highest BCUT2D eigenvalue weighted by atomic mass is 16.4. The molecule has 2 rings (SSSR count). The van der Waals surface area contributed by atoms with E-state index in [2.05, 4.69) is 0 Å². The fraction of sp³-hybridized carbons (Fsp3) is 0.0526. The zero-order chi connectivity index (χ0) is 23.6. The van der Waals surface area contributed by atoms with Gasteiger partial charge in [-0.2, -0.15) is 0 Å². The molecule has 2 aromatic rings. The van der Waals surface area contributed by atoms with E-state index < -0.39 is 86.7 Å². The van der Waals surface area contributed by atoms with Crippen LogP contribution in [-0.4, -0.2) is 35.8 Å². The Morgan fingerprint density at radius 2 is 0.710 bits per heavy atom. The van der Waals surface area contributed by atoms with Crippen molar-refractivity contribution in [2.45, 2.75) is 6.42 Å². The molecule has 0 bridgehead atoms. The second-order valence-electron chi connectivity index (χ2n) is 5.93. The van der Waals surface area contributed by atoms with Gasteiger partial charge < -0.3 is 59.4 Å². The van der Waals surface area contributed by atoms with Crippen molar-refractivity contribution < 1.29 is 59.4 Å². The monoisotopic (exact) mass is 426 g/mol. The molecule has 0 heterocycles. The fourth-order valence-electron chi connectivity index (χ4n) is 3.03. The van der Waals surface area contributed by atoms with E-state index in [9.17, 15) is 59.4 Å². The van der Waals surface area contributed by atoms with Gasteiger partial charge in [0, 0.05) is 39.8 Å². The van der Waals surface area contributed by atoms with Crippen molar-refractivity contribution in [1.29, 1.82) is 0 Å². The number of hydrogen-bond acceptors (Lipinski definition) is 12. The molecule has 0 aliphatic rings. The van der Waals surface area contributed by atoms with Crippen LogP contribution in [0.1, 0.15) is 73.3 Å². The van der Waals surface area contributed by atoms with Crippen LogP contribution >= 0.6 is 0 Å². The topological polar surface area (TPSA) is 241 Å². The molecule has 0 unspecified atom stereocenters. The Balaban J connectivity index is 3.02. The minimum absolute atomic E-state index is 0.548. The maximum absolute atomic E-state index is 11.5. The van der Waals surface area contributed by atoms with Gasteiger partial charge in [0.2, 0.25) is 0 Å². The van der Waals surface area contributed by atoms with Crippen molar-refractivity contribution in [3.63, 3.8) is 0 Å². The summed E-state index contributed by atoms with van der Waals surface area (Å²) in [4.78, 5) is 68.5. The van der Waals surface area contributed by atoms with Crippen LogP contribution in [-0.2, 0) is 6.42 Å². The van der Waals surface area contributed by atoms with E-state index in [-0.39, 0.29) is 0 Å². The van der Waals surface area contributed by atoms with E-state index >= 15 is 0 Å². The Kier molecular flexibility index (Phi) is 6.05. The highest BCUT2D eigenvalue weighted by Gasteiger charge is 2.22. The predicted octanol–water partition coefficient (Wildman–Crippen LogP) is -6.54. The normalized spacial score (nSPS) is 10.3. The smallest absolute Gasteiger partial charge is 0.0725 e. The third-order valence-electron chi connectivity index (χ3n) is 4.27. The molecular formula is C19H6O12-6. The summed E-state index contributed by atoms with van der Waals surface area (Å²) in [7, 11) is 0. The summed E-state index contributed by atoms with van der Waals surface area (Å²) in [6, 6.07) is 2.29. The van der Waals surface area contributed by atoms with Gasteiger partial charge in [-0.3, -0.25) is 0 Å². The van der Waals surface area contributed by atoms with Gasteiger partial charge in [0.1, 0.15) is 0 Å². The Hall–Kier alpha value is -4.74. The minimum Gasteiger partial charge on any atom is -0.545 e. The van der Waals surface area contributed by atoms with Gasteiger partial charge in [-0.15, -0.1) is 0 Å². The molecule has 0 saturated heterocycles. The van der Waals surface area contributed by atoms with Crippen LogP contribution in [0.5, 0.6) is 0 Å². The Bertz CT molecular complexity index is 1080. The summed E-state index contributed by atoms with van der Waals surface area (Å²) in [6.45, 7) is 0. The molecule has 0 spiro atoms. The third-order valence-corrected chi connectivity index (χ3v) is 4.27. The number of carboxylic acid groups (broad SMARTS) is 6. The van der Waals surface area contributed by atoms with Crippen molar-refractivity contribution in [2.24, 2.45) is 0 Å². The van der Waals surface area contributed by atoms with Crippen LogP contribution < -0.4 is 30.6 Å². The first-order chi connectivity index (χ1) is 14.4. The minimum atomic E-state index is -2.22. The van der Waals surface area contributed by atoms with Gasteiger partial charge >= 0.3 is 0 Å². The molecular weight excluding hydrogens is 420 g/mol. The Labute approximate surface area is 171 Å². The Morgan fingerprint density at radius 1 is 0.452 bits per heavy atom. The van der Waals surface area contributed by atoms with Crippen LogP contribution in [0.2, 0.25) is 0 Å². The summed E-state index contributed by atoms with van der Waals surface area (Å²) in [5.74, 6) is -12.7. The fourth-order valence-corrected chi connectivity index (χ4v) is 3.03.